The fraction of sp³-hybridized carbons (Fsp3) is 0.400. The quantitative estimate of drug-likeness (QED) is 0.348. The molecule has 1 saturated heterocycles. The summed E-state index contributed by atoms with van der Waals surface area (Å²) >= 11 is 5.81. The zero-order chi connectivity index (χ0) is 21.6. The molecule has 1 aliphatic rings. The van der Waals surface area contributed by atoms with E-state index in [1.54, 1.807) is 6.92 Å². The van der Waals surface area contributed by atoms with Crippen molar-refractivity contribution in [2.75, 3.05) is 13.2 Å². The van der Waals surface area contributed by atoms with E-state index >= 15 is 0 Å². The highest BCUT2D eigenvalue weighted by atomic mass is 35.5. The van der Waals surface area contributed by atoms with Crippen LogP contribution in [0.25, 0.3) is 0 Å². The molecule has 8 nitrogen and oxygen atoms in total. The van der Waals surface area contributed by atoms with Gasteiger partial charge in [0, 0.05) is 11.6 Å². The highest BCUT2D eigenvalue weighted by molar-refractivity contribution is 7.86. The van der Waals surface area contributed by atoms with Crippen LogP contribution in [0.5, 0.6) is 0 Å². The van der Waals surface area contributed by atoms with Crippen LogP contribution in [0, 0.1) is 0 Å². The molecule has 2 aromatic rings. The molecule has 2 aromatic carbocycles. The average molecular weight is 459 g/mol. The Morgan fingerprint density at radius 3 is 2.50 bits per heavy atom. The fourth-order valence-corrected chi connectivity index (χ4v) is 4.02. The zero-order valence-electron chi connectivity index (χ0n) is 16.2. The van der Waals surface area contributed by atoms with Crippen molar-refractivity contribution in [3.05, 3.63) is 65.2 Å². The lowest BCUT2D eigenvalue weighted by molar-refractivity contribution is -0.381. The maximum absolute atomic E-state index is 12.7. The van der Waals surface area contributed by atoms with Crippen molar-refractivity contribution >= 4 is 21.7 Å². The molecular weight excluding hydrogens is 436 g/mol. The lowest BCUT2D eigenvalue weighted by atomic mass is 10.1. The summed E-state index contributed by atoms with van der Waals surface area (Å²) < 4.78 is 41.5. The summed E-state index contributed by atoms with van der Waals surface area (Å²) in [5.41, 5.74) is 0.869. The van der Waals surface area contributed by atoms with Crippen LogP contribution in [0.3, 0.4) is 0 Å². The summed E-state index contributed by atoms with van der Waals surface area (Å²) in [6.45, 7) is 2.02. The van der Waals surface area contributed by atoms with Crippen LogP contribution in [0.2, 0.25) is 5.02 Å². The summed E-state index contributed by atoms with van der Waals surface area (Å²) in [6, 6.07) is 14.8. The van der Waals surface area contributed by atoms with Gasteiger partial charge in [0.05, 0.1) is 11.5 Å². The lowest BCUT2D eigenvalue weighted by Crippen LogP contribution is -2.56. The van der Waals surface area contributed by atoms with Gasteiger partial charge >= 0.3 is 0 Å². The van der Waals surface area contributed by atoms with Crippen molar-refractivity contribution < 1.29 is 37.0 Å². The van der Waals surface area contributed by atoms with Crippen molar-refractivity contribution in [2.45, 2.75) is 43.0 Å². The van der Waals surface area contributed by atoms with E-state index in [9.17, 15) is 13.5 Å². The zero-order valence-corrected chi connectivity index (χ0v) is 17.8. The first-order valence-corrected chi connectivity index (χ1v) is 11.1. The van der Waals surface area contributed by atoms with E-state index in [0.29, 0.717) is 5.02 Å². The molecule has 0 aliphatic carbocycles. The Hall–Kier alpha value is -1.56. The van der Waals surface area contributed by atoms with Crippen LogP contribution in [-0.4, -0.2) is 51.3 Å². The number of benzene rings is 2. The predicted octanol–water partition coefficient (Wildman–Crippen LogP) is 2.68. The monoisotopic (exact) mass is 458 g/mol. The van der Waals surface area contributed by atoms with Gasteiger partial charge in [0.25, 0.3) is 10.1 Å². The summed E-state index contributed by atoms with van der Waals surface area (Å²) in [6.07, 6.45) is -4.81. The van der Waals surface area contributed by atoms with Gasteiger partial charge < -0.3 is 14.6 Å². The summed E-state index contributed by atoms with van der Waals surface area (Å²) in [5.74, 6) is 0. The molecule has 0 saturated carbocycles. The molecule has 1 N–H and O–H groups in total. The second-order valence-electron chi connectivity index (χ2n) is 6.50. The second-order valence-corrected chi connectivity index (χ2v) is 8.51. The number of aliphatic hydroxyl groups is 1. The first-order chi connectivity index (χ1) is 14.4. The Morgan fingerprint density at radius 2 is 1.83 bits per heavy atom. The summed E-state index contributed by atoms with van der Waals surface area (Å²) in [4.78, 5) is 10.4. The minimum atomic E-state index is -4.22. The highest BCUT2D eigenvalue weighted by Gasteiger charge is 2.45. The molecule has 0 spiro atoms. The molecule has 0 radical (unpaired) electrons. The van der Waals surface area contributed by atoms with E-state index in [1.807, 2.05) is 30.3 Å². The third kappa shape index (κ3) is 5.99. The van der Waals surface area contributed by atoms with Gasteiger partial charge in [-0.2, -0.15) is 8.42 Å². The number of aliphatic hydroxyl groups excluding tert-OH is 1. The molecule has 3 rings (SSSR count). The third-order valence-electron chi connectivity index (χ3n) is 4.34. The minimum Gasteiger partial charge on any atom is -0.387 e. The van der Waals surface area contributed by atoms with Gasteiger partial charge in [0.1, 0.15) is 18.8 Å². The largest absolute Gasteiger partial charge is 0.387 e. The van der Waals surface area contributed by atoms with Gasteiger partial charge in [0.2, 0.25) is 0 Å². The van der Waals surface area contributed by atoms with E-state index in [4.69, 9.17) is 35.0 Å². The molecule has 0 bridgehead atoms. The van der Waals surface area contributed by atoms with Crippen LogP contribution < -0.4 is 0 Å². The van der Waals surface area contributed by atoms with Crippen LogP contribution in [0.1, 0.15) is 12.5 Å². The Balaban J connectivity index is 1.68. The molecule has 10 heteroatoms. The van der Waals surface area contributed by atoms with Crippen LogP contribution >= 0.6 is 11.6 Å². The average Bonchev–Trinajstić information content (AvgIpc) is 2.73. The SMILES string of the molecule is CCO[C@@H]1OC[C@@H](OOCc2ccccc2)[C@H](O)[C@H]1OS(=O)(=O)c1ccc(Cl)cc1. The van der Waals surface area contributed by atoms with Crippen LogP contribution in [0.4, 0.5) is 0 Å². The molecule has 0 aromatic heterocycles. The number of halogens is 1. The highest BCUT2D eigenvalue weighted by Crippen LogP contribution is 2.26. The maximum atomic E-state index is 12.7. The fourth-order valence-electron chi connectivity index (χ4n) is 2.82. The first kappa shape index (κ1) is 23.1. The van der Waals surface area contributed by atoms with Gasteiger partial charge in [-0.25, -0.2) is 9.78 Å². The smallest absolute Gasteiger partial charge is 0.297 e. The molecule has 0 unspecified atom stereocenters. The number of hydrogen-bond donors (Lipinski definition) is 1. The van der Waals surface area contributed by atoms with Crippen molar-refractivity contribution in [3.63, 3.8) is 0 Å². The van der Waals surface area contributed by atoms with E-state index < -0.39 is 34.7 Å². The van der Waals surface area contributed by atoms with Gasteiger partial charge in [0.15, 0.2) is 12.4 Å². The van der Waals surface area contributed by atoms with E-state index in [-0.39, 0.29) is 24.7 Å². The van der Waals surface area contributed by atoms with E-state index in [2.05, 4.69) is 0 Å². The maximum Gasteiger partial charge on any atom is 0.297 e. The number of hydrogen-bond acceptors (Lipinski definition) is 8. The number of ether oxygens (including phenoxy) is 2. The molecular formula is C20H23ClO8S. The topological polar surface area (TPSA) is 101 Å². The summed E-state index contributed by atoms with van der Waals surface area (Å²) in [7, 11) is -4.22. The van der Waals surface area contributed by atoms with Gasteiger partial charge in [-0.1, -0.05) is 41.9 Å². The minimum absolute atomic E-state index is 0.0680. The Bertz CT molecular complexity index is 891. The van der Waals surface area contributed by atoms with Crippen LogP contribution in [-0.2, 0) is 40.2 Å². The Morgan fingerprint density at radius 1 is 1.13 bits per heavy atom. The second kappa shape index (κ2) is 10.7. The standard InChI is InChI=1S/C20H23ClO8S/c1-2-25-20-19(29-30(23,24)16-10-8-15(21)9-11-16)18(22)17(13-26-20)28-27-12-14-6-4-3-5-7-14/h3-11,17-20,22H,2,12-13H2,1H3/t17-,18+,19-,20-/m1/s1. The Kier molecular flexibility index (Phi) is 8.20. The predicted molar refractivity (Wildman–Crippen MR) is 107 cm³/mol. The molecule has 30 heavy (non-hydrogen) atoms. The van der Waals surface area contributed by atoms with Crippen LogP contribution in [0.15, 0.2) is 59.5 Å². The number of rotatable bonds is 9. The molecule has 0 amide bonds. The third-order valence-corrected chi connectivity index (χ3v) is 5.92. The van der Waals surface area contributed by atoms with Gasteiger partial charge in [-0.3, -0.25) is 4.18 Å². The Labute approximate surface area is 180 Å². The van der Waals surface area contributed by atoms with Crippen molar-refractivity contribution in [3.8, 4) is 0 Å². The summed E-state index contributed by atoms with van der Waals surface area (Å²) in [5, 5.41) is 11.1. The molecule has 1 heterocycles. The lowest BCUT2D eigenvalue weighted by Gasteiger charge is -2.38. The van der Waals surface area contributed by atoms with Crippen molar-refractivity contribution in [1.29, 1.82) is 0 Å². The normalized spacial score (nSPS) is 24.6. The first-order valence-electron chi connectivity index (χ1n) is 9.33. The van der Waals surface area contributed by atoms with E-state index in [0.717, 1.165) is 5.56 Å². The van der Waals surface area contributed by atoms with Crippen molar-refractivity contribution in [2.24, 2.45) is 0 Å². The van der Waals surface area contributed by atoms with Gasteiger partial charge in [-0.15, -0.1) is 0 Å². The van der Waals surface area contributed by atoms with Gasteiger partial charge in [-0.05, 0) is 36.8 Å². The van der Waals surface area contributed by atoms with E-state index in [1.165, 1.54) is 24.3 Å². The molecule has 4 atom stereocenters. The molecule has 1 aliphatic heterocycles. The van der Waals surface area contributed by atoms with Crippen molar-refractivity contribution in [1.82, 2.24) is 0 Å². The molecule has 164 valence electrons. The molecule has 1 fully saturated rings.